The van der Waals surface area contributed by atoms with Gasteiger partial charge in [-0.3, -0.25) is 14.3 Å². The van der Waals surface area contributed by atoms with Gasteiger partial charge in [0.15, 0.2) is 4.90 Å². The highest BCUT2D eigenvalue weighted by Gasteiger charge is 2.30. The van der Waals surface area contributed by atoms with Gasteiger partial charge in [0, 0.05) is 46.0 Å². The maximum absolute atomic E-state index is 13.6. The molecule has 3 heterocycles. The van der Waals surface area contributed by atoms with Crippen molar-refractivity contribution in [2.24, 2.45) is 14.1 Å². The highest BCUT2D eigenvalue weighted by molar-refractivity contribution is 7.89. The van der Waals surface area contributed by atoms with Crippen molar-refractivity contribution in [3.05, 3.63) is 56.9 Å². The summed E-state index contributed by atoms with van der Waals surface area (Å²) in [5.74, 6) is 0.788. The average molecular weight is 491 g/mol. The number of hydrogen-bond acceptors (Lipinski definition) is 6. The van der Waals surface area contributed by atoms with Gasteiger partial charge < -0.3 is 9.30 Å². The van der Waals surface area contributed by atoms with Crippen LogP contribution in [0.25, 0.3) is 0 Å². The van der Waals surface area contributed by atoms with Gasteiger partial charge in [0.1, 0.15) is 5.75 Å². The first-order valence-electron chi connectivity index (χ1n) is 12.0. The SMILES string of the molecule is Cn1cc(S(=O)(=O)N2CCCOc3cccc(c3)CCC3CCCCN3CC2)c(=O)n(C)c1=O. The van der Waals surface area contributed by atoms with Gasteiger partial charge in [-0.2, -0.15) is 4.31 Å². The lowest BCUT2D eigenvalue weighted by Gasteiger charge is -2.37. The van der Waals surface area contributed by atoms with Gasteiger partial charge in [-0.1, -0.05) is 18.6 Å². The normalized spacial score (nSPS) is 21.3. The third-order valence-electron chi connectivity index (χ3n) is 6.90. The Labute approximate surface area is 200 Å². The molecular weight excluding hydrogens is 456 g/mol. The van der Waals surface area contributed by atoms with Crippen LogP contribution in [0.1, 0.15) is 37.7 Å². The Morgan fingerprint density at radius 1 is 0.971 bits per heavy atom. The lowest BCUT2D eigenvalue weighted by atomic mass is 9.95. The first-order valence-corrected chi connectivity index (χ1v) is 13.4. The Morgan fingerprint density at radius 2 is 1.79 bits per heavy atom. The molecule has 0 amide bonds. The van der Waals surface area contributed by atoms with Gasteiger partial charge in [-0.15, -0.1) is 0 Å². The van der Waals surface area contributed by atoms with Crippen LogP contribution in [0.4, 0.5) is 0 Å². The smallest absolute Gasteiger partial charge is 0.330 e. The summed E-state index contributed by atoms with van der Waals surface area (Å²) in [6, 6.07) is 8.53. The maximum atomic E-state index is 13.6. The second-order valence-corrected chi connectivity index (χ2v) is 11.1. The van der Waals surface area contributed by atoms with E-state index in [1.165, 1.54) is 30.4 Å². The standard InChI is InChI=1S/C24H34N4O5S/c1-25-18-22(23(29)26(2)24(25)30)34(31,32)28-13-6-16-33-21-9-5-7-19(17-21)10-11-20-8-3-4-12-27(20)14-15-28/h5,7,9,17-18,20H,3-4,6,8,10-16H2,1-2H3. The zero-order chi connectivity index (χ0) is 24.3. The monoisotopic (exact) mass is 490 g/mol. The quantitative estimate of drug-likeness (QED) is 0.631. The number of aryl methyl sites for hydroxylation is 2. The molecule has 1 atom stereocenters. The van der Waals surface area contributed by atoms with Gasteiger partial charge in [-0.05, 0) is 56.3 Å². The van der Waals surface area contributed by atoms with Crippen LogP contribution in [-0.4, -0.2) is 65.6 Å². The molecule has 34 heavy (non-hydrogen) atoms. The Hall–Kier alpha value is -2.43. The summed E-state index contributed by atoms with van der Waals surface area (Å²) in [5, 5.41) is 0. The number of nitrogens with zero attached hydrogens (tertiary/aromatic N) is 4. The van der Waals surface area contributed by atoms with E-state index in [-0.39, 0.29) is 18.0 Å². The van der Waals surface area contributed by atoms with E-state index in [9.17, 15) is 18.0 Å². The summed E-state index contributed by atoms with van der Waals surface area (Å²) in [5.41, 5.74) is -0.0991. The largest absolute Gasteiger partial charge is 0.494 e. The van der Waals surface area contributed by atoms with Gasteiger partial charge in [-0.25, -0.2) is 13.2 Å². The van der Waals surface area contributed by atoms with Crippen molar-refractivity contribution < 1.29 is 13.2 Å². The minimum Gasteiger partial charge on any atom is -0.494 e. The number of piperidine rings is 1. The highest BCUT2D eigenvalue weighted by atomic mass is 32.2. The summed E-state index contributed by atoms with van der Waals surface area (Å²) < 4.78 is 36.5. The predicted molar refractivity (Wildman–Crippen MR) is 130 cm³/mol. The van der Waals surface area contributed by atoms with Crippen LogP contribution in [0.2, 0.25) is 0 Å². The summed E-state index contributed by atoms with van der Waals surface area (Å²) in [6.45, 7) is 2.44. The lowest BCUT2D eigenvalue weighted by Crippen LogP contribution is -2.47. The fourth-order valence-corrected chi connectivity index (χ4v) is 6.54. The number of benzene rings is 1. The number of rotatable bonds is 2. The topological polar surface area (TPSA) is 93.8 Å². The van der Waals surface area contributed by atoms with Crippen molar-refractivity contribution in [3.63, 3.8) is 0 Å². The minimum atomic E-state index is -4.09. The fraction of sp³-hybridized carbons (Fsp3) is 0.583. The van der Waals surface area contributed by atoms with Crippen LogP contribution in [0.15, 0.2) is 44.9 Å². The number of aromatic nitrogens is 2. The Balaban J connectivity index is 1.64. The Bertz CT molecular complexity index is 1240. The molecule has 0 N–H and O–H groups in total. The third-order valence-corrected chi connectivity index (χ3v) is 8.78. The Kier molecular flexibility index (Phi) is 7.59. The molecule has 0 aliphatic carbocycles. The van der Waals surface area contributed by atoms with Crippen LogP contribution in [-0.2, 0) is 30.5 Å². The summed E-state index contributed by atoms with van der Waals surface area (Å²) in [4.78, 5) is 26.8. The van der Waals surface area contributed by atoms with Crippen molar-refractivity contribution in [3.8, 4) is 5.75 Å². The molecule has 2 aromatic rings. The average Bonchev–Trinajstić information content (AvgIpc) is 2.83. The molecule has 9 nitrogen and oxygen atoms in total. The van der Waals surface area contributed by atoms with Crippen LogP contribution in [0.5, 0.6) is 5.75 Å². The molecule has 1 aromatic carbocycles. The van der Waals surface area contributed by atoms with E-state index in [4.69, 9.17) is 4.74 Å². The number of ether oxygens (including phenoxy) is 1. The molecule has 1 fully saturated rings. The molecule has 1 aromatic heterocycles. The second-order valence-electron chi connectivity index (χ2n) is 9.23. The van der Waals surface area contributed by atoms with Crippen LogP contribution >= 0.6 is 0 Å². The van der Waals surface area contributed by atoms with Gasteiger partial charge >= 0.3 is 5.69 Å². The minimum absolute atomic E-state index is 0.229. The molecule has 0 radical (unpaired) electrons. The zero-order valence-electron chi connectivity index (χ0n) is 20.0. The summed E-state index contributed by atoms with van der Waals surface area (Å²) in [7, 11) is -1.35. The van der Waals surface area contributed by atoms with Gasteiger partial charge in [0.2, 0.25) is 10.0 Å². The lowest BCUT2D eigenvalue weighted by molar-refractivity contribution is 0.131. The fourth-order valence-electron chi connectivity index (χ4n) is 4.92. The molecule has 2 bridgehead atoms. The molecule has 1 unspecified atom stereocenters. The zero-order valence-corrected chi connectivity index (χ0v) is 20.8. The molecular formula is C24H34N4O5S. The van der Waals surface area contributed by atoms with E-state index in [1.54, 1.807) is 0 Å². The van der Waals surface area contributed by atoms with Crippen LogP contribution in [0.3, 0.4) is 0 Å². The number of hydrogen-bond donors (Lipinski definition) is 0. The van der Waals surface area contributed by atoms with Crippen molar-refractivity contribution in [1.82, 2.24) is 18.3 Å². The van der Waals surface area contributed by atoms with E-state index in [2.05, 4.69) is 17.0 Å². The first kappa shape index (κ1) is 24.7. The van der Waals surface area contributed by atoms with E-state index < -0.39 is 21.3 Å². The number of fused-ring (bicyclic) bond motifs is 3. The molecule has 4 rings (SSSR count). The molecule has 0 saturated carbocycles. The van der Waals surface area contributed by atoms with E-state index in [0.29, 0.717) is 25.6 Å². The van der Waals surface area contributed by atoms with Crippen LogP contribution in [0, 0.1) is 0 Å². The van der Waals surface area contributed by atoms with Crippen molar-refractivity contribution in [2.75, 3.05) is 32.8 Å². The maximum Gasteiger partial charge on any atom is 0.330 e. The first-order chi connectivity index (χ1) is 16.3. The molecule has 10 heteroatoms. The van der Waals surface area contributed by atoms with E-state index in [0.717, 1.165) is 53.3 Å². The van der Waals surface area contributed by atoms with Crippen molar-refractivity contribution in [1.29, 1.82) is 0 Å². The molecule has 2 aliphatic heterocycles. The van der Waals surface area contributed by atoms with Crippen LogP contribution < -0.4 is 16.0 Å². The van der Waals surface area contributed by atoms with E-state index >= 15 is 0 Å². The molecule has 186 valence electrons. The predicted octanol–water partition coefficient (Wildman–Crippen LogP) is 1.34. The van der Waals surface area contributed by atoms with Gasteiger partial charge in [0.25, 0.3) is 5.56 Å². The Morgan fingerprint density at radius 3 is 2.62 bits per heavy atom. The molecule has 1 saturated heterocycles. The number of sulfonamides is 1. The van der Waals surface area contributed by atoms with Crippen molar-refractivity contribution in [2.45, 2.75) is 49.5 Å². The highest BCUT2D eigenvalue weighted by Crippen LogP contribution is 2.24. The third kappa shape index (κ3) is 5.29. The van der Waals surface area contributed by atoms with Crippen molar-refractivity contribution >= 4 is 10.0 Å². The molecule has 2 aliphatic rings. The summed E-state index contributed by atoms with van der Waals surface area (Å²) in [6.07, 6.45) is 6.97. The molecule has 0 spiro atoms. The van der Waals surface area contributed by atoms with E-state index in [1.807, 2.05) is 12.1 Å². The summed E-state index contributed by atoms with van der Waals surface area (Å²) >= 11 is 0. The second kappa shape index (κ2) is 10.5. The van der Waals surface area contributed by atoms with Gasteiger partial charge in [0.05, 0.1) is 6.61 Å².